The molecule has 0 saturated heterocycles. The van der Waals surface area contributed by atoms with Gasteiger partial charge in [-0.15, -0.1) is 0 Å². The normalized spacial score (nSPS) is 11.3. The van der Waals surface area contributed by atoms with Gasteiger partial charge in [0.1, 0.15) is 5.75 Å². The molecular formula is C32H25N4O5S-. The van der Waals surface area contributed by atoms with Crippen LogP contribution in [0, 0.1) is 18.8 Å². The molecule has 2 heterocycles. The number of aromatic carboxylic acids is 1. The predicted octanol–water partition coefficient (Wildman–Crippen LogP) is 5.59. The van der Waals surface area contributed by atoms with Gasteiger partial charge in [-0.05, 0) is 54.4 Å². The molecule has 210 valence electrons. The number of ether oxygens (including phenoxy) is 1. The van der Waals surface area contributed by atoms with Gasteiger partial charge in [-0.1, -0.05) is 54.3 Å². The highest BCUT2D eigenvalue weighted by atomic mass is 32.2. The van der Waals surface area contributed by atoms with Gasteiger partial charge in [-0.2, -0.15) is 0 Å². The first-order valence-electron chi connectivity index (χ1n) is 12.8. The Labute approximate surface area is 245 Å². The van der Waals surface area contributed by atoms with E-state index in [1.165, 1.54) is 10.5 Å². The van der Waals surface area contributed by atoms with Crippen LogP contribution < -0.4 is 14.4 Å². The van der Waals surface area contributed by atoms with E-state index in [9.17, 15) is 18.7 Å². The van der Waals surface area contributed by atoms with Crippen molar-refractivity contribution in [1.82, 2.24) is 9.97 Å². The van der Waals surface area contributed by atoms with Crippen molar-refractivity contribution in [2.75, 3.05) is 16.7 Å². The lowest BCUT2D eigenvalue weighted by Crippen LogP contribution is -2.22. The first kappa shape index (κ1) is 28.3. The second kappa shape index (κ2) is 12.5. The van der Waals surface area contributed by atoms with E-state index in [1.807, 2.05) is 49.4 Å². The summed E-state index contributed by atoms with van der Waals surface area (Å²) in [6.07, 6.45) is 3.00. The van der Waals surface area contributed by atoms with E-state index in [0.717, 1.165) is 22.3 Å². The number of anilines is 3. The third kappa shape index (κ3) is 6.07. The van der Waals surface area contributed by atoms with Crippen LogP contribution in [0.2, 0.25) is 0 Å². The molecule has 10 heteroatoms. The number of hydrogen-bond acceptors (Lipinski definition) is 7. The number of carbonyl (C=O) groups is 1. The van der Waals surface area contributed by atoms with Crippen LogP contribution in [0.15, 0.2) is 91.3 Å². The Hall–Kier alpha value is -5.24. The lowest BCUT2D eigenvalue weighted by atomic mass is 10.1. The van der Waals surface area contributed by atoms with Crippen molar-refractivity contribution in [2.24, 2.45) is 0 Å². The number of carboxylic acid groups (broad SMARTS) is 1. The molecule has 0 aliphatic heterocycles. The molecule has 0 fully saturated rings. The maximum Gasteiger partial charge on any atom is 0.356 e. The topological polar surface area (TPSA) is 128 Å². The predicted molar refractivity (Wildman–Crippen MR) is 161 cm³/mol. The molecule has 0 aliphatic rings. The maximum atomic E-state index is 12.7. The number of methoxy groups -OCH3 is 1. The molecule has 0 saturated carbocycles. The van der Waals surface area contributed by atoms with Crippen molar-refractivity contribution >= 4 is 45.2 Å². The van der Waals surface area contributed by atoms with Gasteiger partial charge in [-0.3, -0.25) is 13.5 Å². The SMILES string of the molecule is COc1ccc(CNc2cc(C#Cc3ccccc3N(c3c(C)ccc4cccnc34)S(=O)[O-])cnc2C(=O)O)cc1. The highest BCUT2D eigenvalue weighted by Crippen LogP contribution is 2.36. The number of pyridine rings is 2. The van der Waals surface area contributed by atoms with E-state index in [2.05, 4.69) is 27.1 Å². The van der Waals surface area contributed by atoms with Crippen LogP contribution in [-0.4, -0.2) is 36.9 Å². The van der Waals surface area contributed by atoms with Crippen LogP contribution in [0.4, 0.5) is 17.1 Å². The summed E-state index contributed by atoms with van der Waals surface area (Å²) in [7, 11) is 1.59. The van der Waals surface area contributed by atoms with Crippen molar-refractivity contribution in [1.29, 1.82) is 0 Å². The number of carboxylic acids is 1. The zero-order valence-electron chi connectivity index (χ0n) is 22.7. The summed E-state index contributed by atoms with van der Waals surface area (Å²) in [5.41, 5.74) is 4.05. The minimum Gasteiger partial charge on any atom is -0.755 e. The van der Waals surface area contributed by atoms with Crippen LogP contribution >= 0.6 is 0 Å². The molecule has 9 nitrogen and oxygen atoms in total. The van der Waals surface area contributed by atoms with Gasteiger partial charge in [0.05, 0.1) is 41.0 Å². The summed E-state index contributed by atoms with van der Waals surface area (Å²) in [5, 5.41) is 13.6. The van der Waals surface area contributed by atoms with Gasteiger partial charge < -0.3 is 19.7 Å². The standard InChI is InChI=1S/C32H26N4O5S/c1-21-9-13-25-7-5-17-33-29(25)31(21)36(42(39)40)28-8-4-3-6-24(28)14-10-23-18-27(30(32(37)38)35-20-23)34-19-22-11-15-26(41-2)16-12-22/h3-9,11-13,15-18,20,34H,19H2,1-2H3,(H,37,38)(H,39,40)/p-1. The fourth-order valence-corrected chi connectivity index (χ4v) is 5.14. The summed E-state index contributed by atoms with van der Waals surface area (Å²) in [6, 6.07) is 23.3. The Morgan fingerprint density at radius 3 is 2.57 bits per heavy atom. The second-order valence-corrected chi connectivity index (χ2v) is 10.0. The van der Waals surface area contributed by atoms with Gasteiger partial charge in [0.25, 0.3) is 0 Å². The molecule has 1 atom stereocenters. The van der Waals surface area contributed by atoms with Crippen LogP contribution in [0.3, 0.4) is 0 Å². The number of benzene rings is 3. The average Bonchev–Trinajstić information content (AvgIpc) is 3.00. The average molecular weight is 578 g/mol. The van der Waals surface area contributed by atoms with Gasteiger partial charge in [-0.25, -0.2) is 9.78 Å². The Balaban J connectivity index is 1.51. The molecule has 2 aromatic heterocycles. The van der Waals surface area contributed by atoms with Crippen LogP contribution in [0.1, 0.15) is 32.7 Å². The number of fused-ring (bicyclic) bond motifs is 1. The van der Waals surface area contributed by atoms with Crippen molar-refractivity contribution in [3.63, 3.8) is 0 Å². The summed E-state index contributed by atoms with van der Waals surface area (Å²) in [6.45, 7) is 2.18. The molecule has 42 heavy (non-hydrogen) atoms. The van der Waals surface area contributed by atoms with E-state index in [1.54, 1.807) is 49.7 Å². The number of rotatable bonds is 8. The molecule has 0 aliphatic carbocycles. The third-order valence-corrected chi connectivity index (χ3v) is 7.18. The minimum atomic E-state index is -2.69. The quantitative estimate of drug-likeness (QED) is 0.181. The molecule has 0 radical (unpaired) electrons. The number of para-hydroxylation sites is 1. The fraction of sp³-hybridized carbons (Fsp3) is 0.0938. The number of hydrogen-bond donors (Lipinski definition) is 2. The maximum absolute atomic E-state index is 12.7. The summed E-state index contributed by atoms with van der Waals surface area (Å²) in [5.74, 6) is 5.60. The van der Waals surface area contributed by atoms with E-state index in [4.69, 9.17) is 4.74 Å². The number of nitrogens with one attached hydrogen (secondary N) is 1. The highest BCUT2D eigenvalue weighted by molar-refractivity contribution is 7.81. The molecule has 5 rings (SSSR count). The second-order valence-electron chi connectivity index (χ2n) is 9.21. The van der Waals surface area contributed by atoms with E-state index in [-0.39, 0.29) is 5.69 Å². The zero-order valence-corrected chi connectivity index (χ0v) is 23.5. The molecule has 5 aromatic rings. The zero-order chi connectivity index (χ0) is 29.6. The Morgan fingerprint density at radius 2 is 1.83 bits per heavy atom. The van der Waals surface area contributed by atoms with E-state index >= 15 is 0 Å². The largest absolute Gasteiger partial charge is 0.755 e. The van der Waals surface area contributed by atoms with Gasteiger partial charge >= 0.3 is 5.97 Å². The summed E-state index contributed by atoms with van der Waals surface area (Å²) in [4.78, 5) is 20.4. The summed E-state index contributed by atoms with van der Waals surface area (Å²) >= 11 is -2.69. The first-order chi connectivity index (χ1) is 20.4. The third-order valence-electron chi connectivity index (χ3n) is 6.50. The lowest BCUT2D eigenvalue weighted by molar-refractivity contribution is 0.0691. The molecule has 1 unspecified atom stereocenters. The molecule has 3 aromatic carbocycles. The van der Waals surface area contributed by atoms with Crippen molar-refractivity contribution < 1.29 is 23.4 Å². The smallest absolute Gasteiger partial charge is 0.356 e. The van der Waals surface area contributed by atoms with E-state index in [0.29, 0.717) is 40.3 Å². The molecular weight excluding hydrogens is 552 g/mol. The van der Waals surface area contributed by atoms with Gasteiger partial charge in [0, 0.05) is 35.5 Å². The highest BCUT2D eigenvalue weighted by Gasteiger charge is 2.19. The Morgan fingerprint density at radius 1 is 1.05 bits per heavy atom. The Kier molecular flexibility index (Phi) is 8.43. The molecule has 0 spiro atoms. The van der Waals surface area contributed by atoms with Crippen LogP contribution in [-0.2, 0) is 17.8 Å². The van der Waals surface area contributed by atoms with Crippen molar-refractivity contribution in [3.8, 4) is 17.6 Å². The Bertz CT molecular complexity index is 1870. The number of nitrogens with zero attached hydrogens (tertiary/aromatic N) is 3. The van der Waals surface area contributed by atoms with Crippen molar-refractivity contribution in [3.05, 3.63) is 119 Å². The molecule has 2 N–H and O–H groups in total. The van der Waals surface area contributed by atoms with E-state index < -0.39 is 17.2 Å². The van der Waals surface area contributed by atoms with Gasteiger partial charge in [0.15, 0.2) is 5.69 Å². The molecule has 0 bridgehead atoms. The minimum absolute atomic E-state index is 0.138. The fourth-order valence-electron chi connectivity index (χ4n) is 4.44. The van der Waals surface area contributed by atoms with Crippen LogP contribution in [0.25, 0.3) is 10.9 Å². The lowest BCUT2D eigenvalue weighted by Gasteiger charge is -2.29. The van der Waals surface area contributed by atoms with Gasteiger partial charge in [0.2, 0.25) is 0 Å². The van der Waals surface area contributed by atoms with Crippen molar-refractivity contribution in [2.45, 2.75) is 13.5 Å². The number of aryl methyl sites for hydroxylation is 1. The molecule has 0 amide bonds. The number of aromatic nitrogens is 2. The first-order valence-corrected chi connectivity index (χ1v) is 13.8. The summed E-state index contributed by atoms with van der Waals surface area (Å²) < 4.78 is 31.7. The van der Waals surface area contributed by atoms with Crippen LogP contribution in [0.5, 0.6) is 5.75 Å². The monoisotopic (exact) mass is 577 g/mol.